The molecule has 0 aromatic carbocycles. The van der Waals surface area contributed by atoms with E-state index in [0.717, 1.165) is 146 Å². The van der Waals surface area contributed by atoms with Crippen LogP contribution < -0.4 is 0 Å². The van der Waals surface area contributed by atoms with Crippen molar-refractivity contribution in [2.24, 2.45) is 78.8 Å². The van der Waals surface area contributed by atoms with Gasteiger partial charge in [0.15, 0.2) is 0 Å². The average Bonchev–Trinajstić information content (AvgIpc) is 0.875. The topological polar surface area (TPSA) is 108 Å². The predicted octanol–water partition coefficient (Wildman–Crippen LogP) is 19.4. The van der Waals surface area contributed by atoms with Crippen molar-refractivity contribution in [1.29, 1.82) is 0 Å². The Hall–Kier alpha value is -5.93. The summed E-state index contributed by atoms with van der Waals surface area (Å²) in [5.41, 5.74) is 5.53. The summed E-state index contributed by atoms with van der Waals surface area (Å²) in [5, 5.41) is 0. The summed E-state index contributed by atoms with van der Waals surface area (Å²) < 4.78 is 0. The fourth-order valence-corrected chi connectivity index (χ4v) is 17.2. The number of carbonyl (C=O) groups is 5. The fraction of sp³-hybridized carbons (Fsp3) is 0.750. The molecule has 7 aliphatic heterocycles. The normalized spacial score (nSPS) is 22.1. The summed E-state index contributed by atoms with van der Waals surface area (Å²) in [5.74, 6) is 21.4. The second-order valence-electron chi connectivity index (χ2n) is 38.8. The van der Waals surface area contributed by atoms with Crippen LogP contribution in [0.3, 0.4) is 0 Å². The van der Waals surface area contributed by atoms with Crippen LogP contribution in [-0.4, -0.2) is 155 Å². The van der Waals surface area contributed by atoms with Crippen LogP contribution in [0.4, 0.5) is 0 Å². The van der Waals surface area contributed by atoms with Gasteiger partial charge in [-0.05, 0) is 258 Å². The Bertz CT molecular complexity index is 2990. The summed E-state index contributed by atoms with van der Waals surface area (Å²) in [6.45, 7) is 83.8. The van der Waals surface area contributed by atoms with Crippen LogP contribution in [0.5, 0.6) is 0 Å². The number of carbonyl (C=O) groups excluding carboxylic acids is 5. The van der Waals surface area contributed by atoms with Crippen LogP contribution in [0.1, 0.15) is 274 Å². The van der Waals surface area contributed by atoms with Crippen molar-refractivity contribution in [2.45, 2.75) is 280 Å². The fourth-order valence-electron chi connectivity index (χ4n) is 17.2. The molecule has 104 heavy (non-hydrogen) atoms. The van der Waals surface area contributed by atoms with Crippen LogP contribution in [-0.2, 0) is 24.0 Å². The van der Waals surface area contributed by atoms with Gasteiger partial charge in [0.1, 0.15) is 0 Å². The van der Waals surface area contributed by atoms with E-state index in [4.69, 9.17) is 0 Å². The highest BCUT2D eigenvalue weighted by Gasteiger charge is 2.50. The number of likely N-dealkylation sites (tertiary alicyclic amines) is 7. The van der Waals surface area contributed by atoms with E-state index in [2.05, 4.69) is 216 Å². The molecule has 0 aromatic rings. The van der Waals surface area contributed by atoms with Gasteiger partial charge in [-0.3, -0.25) is 24.0 Å². The van der Waals surface area contributed by atoms with E-state index in [0.29, 0.717) is 61.2 Å². The Labute approximate surface area is 639 Å². The van der Waals surface area contributed by atoms with Crippen LogP contribution in [0.15, 0.2) is 75.2 Å². The zero-order valence-corrected chi connectivity index (χ0v) is 70.9. The molecule has 2 aliphatic carbocycles. The molecule has 7 heterocycles. The Kier molecular flexibility index (Phi) is 36.8. The molecule has 12 heteroatoms. The minimum Gasteiger partial charge on any atom is -0.369 e. The summed E-state index contributed by atoms with van der Waals surface area (Å²) in [4.78, 5) is 71.8. The zero-order valence-electron chi connectivity index (χ0n) is 70.9. The average molecular weight is 1440 g/mol. The lowest BCUT2D eigenvalue weighted by molar-refractivity contribution is -0.132. The zero-order chi connectivity index (χ0) is 78.8. The molecule has 7 saturated heterocycles. The summed E-state index contributed by atoms with van der Waals surface area (Å²) in [7, 11) is 0. The first-order valence-electron chi connectivity index (χ1n) is 40.4. The quantitative estimate of drug-likeness (QED) is 0.142. The second-order valence-corrected chi connectivity index (χ2v) is 38.8. The number of allylic oxidation sites excluding steroid dienone is 2. The van der Waals surface area contributed by atoms with Crippen molar-refractivity contribution in [3.8, 4) is 35.5 Å². The highest BCUT2D eigenvalue weighted by Crippen LogP contribution is 2.58. The maximum absolute atomic E-state index is 11.6. The highest BCUT2D eigenvalue weighted by molar-refractivity contribution is 5.94. The standard InChI is InChI=1S/C15H25NO.C14H23N.C13H19NO.C13H21NO.C13H23N.2C12H21NO/c1-5-13(17)16-8-6-15(7-9-16)10-12(11-15)14(2,3)4;1-6-7-12(2)15-10-8-13(9-11-15)14(3,4)5;1-3-4-12(15)14-7-5-13(6-8-14)9-11(2)10-13;1-5-7-12(15)14-9-6-8-11(10-14)13(2,3)4;1-6-11(2)14-9-7-8-12(14)10-13(3,4)5;1-5-11(14)13-8-6-10(7-9-13)12(2,3)4;1-5-11(14)13-8-6-7-10(9-13)12(2,3)4/h5,12H,1,6-11H2,2-4H3;13H,2,8-11H2,1,3-5H3;11H,5-10H2,1-2H3;11H,6,8-10H2,1-4H3;6,12H,1-2,7-10H2,3-5H3;2*5,10H,1,6-9H2,2-4H3. The second kappa shape index (κ2) is 41.4. The van der Waals surface area contributed by atoms with E-state index in [1.165, 1.54) is 115 Å². The van der Waals surface area contributed by atoms with E-state index in [1.54, 1.807) is 13.8 Å². The smallest absolute Gasteiger partial charge is 0.298 e. The molecule has 9 rings (SSSR count). The van der Waals surface area contributed by atoms with Crippen molar-refractivity contribution >= 4 is 29.5 Å². The molecule has 0 N–H and O–H groups in total. The van der Waals surface area contributed by atoms with Crippen molar-refractivity contribution < 1.29 is 24.0 Å². The van der Waals surface area contributed by atoms with Gasteiger partial charge in [-0.2, -0.15) is 0 Å². The number of piperidine rings is 6. The lowest BCUT2D eigenvalue weighted by Crippen LogP contribution is -2.50. The molecule has 0 aromatic heterocycles. The summed E-state index contributed by atoms with van der Waals surface area (Å²) in [6.07, 6.45) is 29.8. The van der Waals surface area contributed by atoms with E-state index in [1.807, 2.05) is 37.5 Å². The SMILES string of the molecule is C=C(C#CC)N1CCC(C(C)(C)C)CC1.C=CC(=C)N1CCCC1CC(C)(C)C.C=CC(=O)N1CCC(C(C)(C)C)CC1.C=CC(=O)N1CCC2(CC1)CC(C(C)(C)C)C2.C=CC(=O)N1CCCC(C(C)(C)C)C1.CC#CC(=O)N1CCC2(CC1)CC(C)C2.CC#CC(=O)N1CCCC(C(C)(C)C)C1. The number of rotatable bonds is 7. The van der Waals surface area contributed by atoms with E-state index in [-0.39, 0.29) is 29.5 Å². The molecule has 2 saturated carbocycles. The molecule has 9 aliphatic rings. The number of nitrogens with zero attached hydrogens (tertiary/aromatic N) is 7. The molecule has 5 amide bonds. The highest BCUT2D eigenvalue weighted by atomic mass is 16.2. The summed E-state index contributed by atoms with van der Waals surface area (Å²) in [6, 6.07) is 0.681. The Morgan fingerprint density at radius 3 is 1.11 bits per heavy atom. The van der Waals surface area contributed by atoms with Gasteiger partial charge in [-0.15, -0.1) is 0 Å². The Morgan fingerprint density at radius 1 is 0.385 bits per heavy atom. The van der Waals surface area contributed by atoms with E-state index >= 15 is 0 Å². The van der Waals surface area contributed by atoms with Crippen LogP contribution in [0.2, 0.25) is 0 Å². The number of amides is 5. The Morgan fingerprint density at radius 2 is 0.731 bits per heavy atom. The van der Waals surface area contributed by atoms with Crippen LogP contribution >= 0.6 is 0 Å². The first kappa shape index (κ1) is 92.3. The Balaban J connectivity index is 0.000000315. The third-order valence-electron chi connectivity index (χ3n) is 24.5. The van der Waals surface area contributed by atoms with Gasteiger partial charge in [0, 0.05) is 96.8 Å². The molecule has 9 fully saturated rings. The maximum Gasteiger partial charge on any atom is 0.298 e. The third-order valence-corrected chi connectivity index (χ3v) is 24.5. The molecule has 3 atom stereocenters. The largest absolute Gasteiger partial charge is 0.369 e. The van der Waals surface area contributed by atoms with Crippen molar-refractivity contribution in [3.63, 3.8) is 0 Å². The number of hydrogen-bond acceptors (Lipinski definition) is 7. The number of hydrogen-bond donors (Lipinski definition) is 0. The monoisotopic (exact) mass is 1440 g/mol. The van der Waals surface area contributed by atoms with E-state index in [9.17, 15) is 24.0 Å². The van der Waals surface area contributed by atoms with Crippen LogP contribution in [0.25, 0.3) is 0 Å². The van der Waals surface area contributed by atoms with Crippen molar-refractivity contribution in [2.75, 3.05) is 85.1 Å². The van der Waals surface area contributed by atoms with Gasteiger partial charge in [0.25, 0.3) is 11.8 Å². The van der Waals surface area contributed by atoms with Gasteiger partial charge in [-0.25, -0.2) is 0 Å². The van der Waals surface area contributed by atoms with Crippen molar-refractivity contribution in [3.05, 3.63) is 75.2 Å². The first-order chi connectivity index (χ1) is 48.2. The minimum absolute atomic E-state index is 0.00792. The van der Waals surface area contributed by atoms with E-state index < -0.39 is 0 Å². The van der Waals surface area contributed by atoms with Gasteiger partial charge < -0.3 is 34.3 Å². The lowest BCUT2D eigenvalue weighted by Gasteiger charge is -2.56. The molecule has 3 unspecified atom stereocenters. The predicted molar refractivity (Wildman–Crippen MR) is 440 cm³/mol. The van der Waals surface area contributed by atoms with Gasteiger partial charge >= 0.3 is 0 Å². The minimum atomic E-state index is -0.00792. The molecule has 12 nitrogen and oxygen atoms in total. The van der Waals surface area contributed by atoms with Crippen molar-refractivity contribution in [1.82, 2.24) is 34.3 Å². The van der Waals surface area contributed by atoms with Crippen LogP contribution in [0, 0.1) is 114 Å². The van der Waals surface area contributed by atoms with Gasteiger partial charge in [0.2, 0.25) is 17.7 Å². The third kappa shape index (κ3) is 30.7. The molecule has 0 radical (unpaired) electrons. The first-order valence-corrected chi connectivity index (χ1v) is 40.4. The molecule has 0 bridgehead atoms. The molecule has 2 spiro atoms. The maximum atomic E-state index is 11.6. The van der Waals surface area contributed by atoms with Gasteiger partial charge in [-0.1, -0.05) is 195 Å². The molecular formula is C92H153N7O5. The van der Waals surface area contributed by atoms with Gasteiger partial charge in [0.05, 0.1) is 5.70 Å². The summed E-state index contributed by atoms with van der Waals surface area (Å²) >= 11 is 0. The lowest BCUT2D eigenvalue weighted by atomic mass is 9.52. The molecule has 586 valence electrons. The molecular weight excluding hydrogens is 1280 g/mol.